The smallest absolute Gasteiger partial charge is 0.306 e. The SMILES string of the molecule is CCCC(=O)O[C@@H]1[C@@H](C)[C@@]2(O)C(C=C(CO)C[C@]3(O)C(=O)C(C)=CC23)C2C(C)(C)[C@@]21OC(=O)CCC. The van der Waals surface area contributed by atoms with Gasteiger partial charge < -0.3 is 24.8 Å². The molecule has 2 saturated carbocycles. The summed E-state index contributed by atoms with van der Waals surface area (Å²) in [7, 11) is 0. The summed E-state index contributed by atoms with van der Waals surface area (Å²) in [5.74, 6) is -4.22. The molecule has 0 spiro atoms. The van der Waals surface area contributed by atoms with Crippen LogP contribution in [-0.2, 0) is 23.9 Å². The van der Waals surface area contributed by atoms with Crippen molar-refractivity contribution in [1.29, 1.82) is 0 Å². The molecule has 0 aromatic carbocycles. The van der Waals surface area contributed by atoms with Crippen LogP contribution in [0.15, 0.2) is 23.3 Å². The van der Waals surface area contributed by atoms with E-state index in [0.717, 1.165) is 0 Å². The fraction of sp³-hybridized carbons (Fsp3) is 0.750. The van der Waals surface area contributed by atoms with Crippen molar-refractivity contribution in [3.05, 3.63) is 23.3 Å². The second-order valence-electron chi connectivity index (χ2n) is 11.8. The Labute approximate surface area is 212 Å². The summed E-state index contributed by atoms with van der Waals surface area (Å²) in [6.45, 7) is 10.6. The molecule has 4 aliphatic rings. The molecule has 0 aromatic rings. The number of aliphatic hydroxyl groups excluding tert-OH is 1. The van der Waals surface area contributed by atoms with E-state index in [1.165, 1.54) is 0 Å². The molecule has 0 bridgehead atoms. The minimum Gasteiger partial charge on any atom is -0.458 e. The molecule has 0 aromatic heterocycles. The molecule has 0 heterocycles. The maximum absolute atomic E-state index is 13.2. The van der Waals surface area contributed by atoms with Crippen LogP contribution in [0.5, 0.6) is 0 Å². The van der Waals surface area contributed by atoms with Crippen LogP contribution >= 0.6 is 0 Å². The van der Waals surface area contributed by atoms with Crippen LogP contribution in [0.1, 0.15) is 73.6 Å². The van der Waals surface area contributed by atoms with Gasteiger partial charge in [-0.1, -0.05) is 46.8 Å². The number of fused-ring (bicyclic) bond motifs is 5. The third-order valence-corrected chi connectivity index (χ3v) is 9.41. The minimum atomic E-state index is -1.92. The molecule has 0 radical (unpaired) electrons. The van der Waals surface area contributed by atoms with Crippen LogP contribution in [0, 0.1) is 29.1 Å². The van der Waals surface area contributed by atoms with E-state index in [2.05, 4.69) is 0 Å². The Balaban J connectivity index is 1.92. The summed E-state index contributed by atoms with van der Waals surface area (Å²) >= 11 is 0. The van der Waals surface area contributed by atoms with E-state index in [4.69, 9.17) is 9.47 Å². The van der Waals surface area contributed by atoms with Gasteiger partial charge in [0.15, 0.2) is 11.4 Å². The van der Waals surface area contributed by atoms with Gasteiger partial charge in [-0.2, -0.15) is 0 Å². The summed E-state index contributed by atoms with van der Waals surface area (Å²) in [6, 6.07) is 0. The zero-order valence-electron chi connectivity index (χ0n) is 22.2. The maximum atomic E-state index is 13.2. The fourth-order valence-electron chi connectivity index (χ4n) is 7.67. The zero-order chi connectivity index (χ0) is 26.8. The van der Waals surface area contributed by atoms with E-state index >= 15 is 0 Å². The minimum absolute atomic E-state index is 0.109. The van der Waals surface area contributed by atoms with Crippen LogP contribution in [0.25, 0.3) is 0 Å². The molecule has 0 amide bonds. The Hall–Kier alpha value is -2.03. The van der Waals surface area contributed by atoms with Crippen LogP contribution < -0.4 is 0 Å². The first-order valence-electron chi connectivity index (χ1n) is 13.2. The average molecular weight is 505 g/mol. The number of ether oxygens (including phenoxy) is 2. The summed E-state index contributed by atoms with van der Waals surface area (Å²) < 4.78 is 12.2. The van der Waals surface area contributed by atoms with Gasteiger partial charge in [-0.15, -0.1) is 0 Å². The molecule has 8 atom stereocenters. The largest absolute Gasteiger partial charge is 0.458 e. The van der Waals surface area contributed by atoms with Crippen molar-refractivity contribution in [3.8, 4) is 0 Å². The monoisotopic (exact) mass is 504 g/mol. The lowest BCUT2D eigenvalue weighted by atomic mass is 9.59. The summed E-state index contributed by atoms with van der Waals surface area (Å²) in [5.41, 5.74) is -4.69. The van der Waals surface area contributed by atoms with Crippen molar-refractivity contribution in [2.75, 3.05) is 6.61 Å². The summed E-state index contributed by atoms with van der Waals surface area (Å²) in [5, 5.41) is 34.5. The Morgan fingerprint density at radius 3 is 2.28 bits per heavy atom. The Morgan fingerprint density at radius 2 is 1.69 bits per heavy atom. The standard InChI is InChI=1S/C28H40O8/c1-7-9-20(30)35-24-16(4)27(34)18(22-25(5,6)28(22,24)36-21(31)10-8-2)12-17(14-29)13-26(33)19(27)11-15(3)23(26)32/h11-12,16,18-19,22,24,29,33-34H,7-10,13-14H2,1-6H3/t16-,18?,19?,22?,24-,26-,27-,28-/m1/s1. The van der Waals surface area contributed by atoms with E-state index in [1.54, 1.807) is 26.0 Å². The molecule has 3 N–H and O–H groups in total. The average Bonchev–Trinajstić information content (AvgIpc) is 3.23. The summed E-state index contributed by atoms with van der Waals surface area (Å²) in [6.07, 6.45) is 3.85. The van der Waals surface area contributed by atoms with Crippen molar-refractivity contribution in [3.63, 3.8) is 0 Å². The molecular weight excluding hydrogens is 464 g/mol. The fourth-order valence-corrected chi connectivity index (χ4v) is 7.67. The first kappa shape index (κ1) is 27.0. The molecule has 3 unspecified atom stereocenters. The number of aliphatic hydroxyl groups is 3. The lowest BCUT2D eigenvalue weighted by Gasteiger charge is -2.53. The number of hydrogen-bond acceptors (Lipinski definition) is 8. The van der Waals surface area contributed by atoms with Crippen molar-refractivity contribution >= 4 is 17.7 Å². The van der Waals surface area contributed by atoms with Gasteiger partial charge in [0.1, 0.15) is 11.7 Å². The first-order valence-corrected chi connectivity index (χ1v) is 13.2. The highest BCUT2D eigenvalue weighted by atomic mass is 16.6. The number of ketones is 1. The molecule has 4 rings (SSSR count). The number of rotatable bonds is 7. The van der Waals surface area contributed by atoms with Gasteiger partial charge >= 0.3 is 11.9 Å². The van der Waals surface area contributed by atoms with E-state index in [1.807, 2.05) is 27.7 Å². The predicted molar refractivity (Wildman–Crippen MR) is 130 cm³/mol. The second-order valence-corrected chi connectivity index (χ2v) is 11.8. The van der Waals surface area contributed by atoms with Crippen molar-refractivity contribution in [2.45, 2.75) is 96.6 Å². The Bertz CT molecular complexity index is 1030. The van der Waals surface area contributed by atoms with Crippen LogP contribution in [-0.4, -0.2) is 62.6 Å². The molecule has 0 saturated heterocycles. The third kappa shape index (κ3) is 3.40. The Kier molecular flexibility index (Phi) is 6.59. The predicted octanol–water partition coefficient (Wildman–Crippen LogP) is 2.63. The van der Waals surface area contributed by atoms with Gasteiger partial charge in [0.25, 0.3) is 0 Å². The molecular formula is C28H40O8. The van der Waals surface area contributed by atoms with Gasteiger partial charge in [-0.3, -0.25) is 14.4 Å². The highest BCUT2D eigenvalue weighted by Gasteiger charge is 2.87. The van der Waals surface area contributed by atoms with Gasteiger partial charge in [0.05, 0.1) is 12.2 Å². The van der Waals surface area contributed by atoms with Crippen molar-refractivity contribution in [2.24, 2.45) is 29.1 Å². The van der Waals surface area contributed by atoms with Gasteiger partial charge in [0.2, 0.25) is 0 Å². The van der Waals surface area contributed by atoms with E-state index < -0.39 is 69.7 Å². The zero-order valence-corrected chi connectivity index (χ0v) is 22.2. The molecule has 4 aliphatic carbocycles. The van der Waals surface area contributed by atoms with Crippen molar-refractivity contribution in [1.82, 2.24) is 0 Å². The van der Waals surface area contributed by atoms with Crippen LogP contribution in [0.4, 0.5) is 0 Å². The number of esters is 2. The number of hydrogen-bond donors (Lipinski definition) is 3. The lowest BCUT2D eigenvalue weighted by Crippen LogP contribution is -2.66. The first-order chi connectivity index (χ1) is 16.8. The number of carbonyl (C=O) groups excluding carboxylic acids is 3. The van der Waals surface area contributed by atoms with Gasteiger partial charge in [0, 0.05) is 48.3 Å². The Morgan fingerprint density at radius 1 is 1.08 bits per heavy atom. The second kappa shape index (κ2) is 8.77. The van der Waals surface area contributed by atoms with Crippen LogP contribution in [0.3, 0.4) is 0 Å². The lowest BCUT2D eigenvalue weighted by molar-refractivity contribution is -0.229. The van der Waals surface area contributed by atoms with E-state index in [0.29, 0.717) is 24.0 Å². The maximum Gasteiger partial charge on any atom is 0.306 e. The van der Waals surface area contributed by atoms with Crippen LogP contribution in [0.2, 0.25) is 0 Å². The molecule has 0 aliphatic heterocycles. The number of Topliss-reactive ketones (excluding diaryl/α,β-unsaturated/α-hetero) is 1. The van der Waals surface area contributed by atoms with Gasteiger partial charge in [-0.05, 0) is 30.9 Å². The van der Waals surface area contributed by atoms with E-state index in [-0.39, 0.29) is 25.9 Å². The summed E-state index contributed by atoms with van der Waals surface area (Å²) in [4.78, 5) is 38.8. The quantitative estimate of drug-likeness (QED) is 0.356. The molecule has 8 nitrogen and oxygen atoms in total. The normalized spacial score (nSPS) is 42.2. The topological polar surface area (TPSA) is 130 Å². The van der Waals surface area contributed by atoms with Crippen molar-refractivity contribution < 1.29 is 39.2 Å². The van der Waals surface area contributed by atoms with Gasteiger partial charge in [-0.25, -0.2) is 0 Å². The molecule has 36 heavy (non-hydrogen) atoms. The third-order valence-electron chi connectivity index (χ3n) is 9.41. The van der Waals surface area contributed by atoms with E-state index in [9.17, 15) is 29.7 Å². The molecule has 2 fully saturated rings. The molecule has 8 heteroatoms. The highest BCUT2D eigenvalue weighted by Crippen LogP contribution is 2.77. The number of carbonyl (C=O) groups is 3. The highest BCUT2D eigenvalue weighted by molar-refractivity contribution is 6.04. The molecule has 200 valence electrons.